The molecule has 0 saturated heterocycles. The molecule has 0 heterocycles. The van der Waals surface area contributed by atoms with Crippen LogP contribution in [0.2, 0.25) is 0 Å². The maximum absolute atomic E-state index is 11.9. The molecule has 4 nitrogen and oxygen atoms in total. The van der Waals surface area contributed by atoms with Crippen LogP contribution < -0.4 is 0 Å². The molecule has 0 radical (unpaired) electrons. The van der Waals surface area contributed by atoms with Crippen LogP contribution in [0, 0.1) is 17.8 Å². The lowest BCUT2D eigenvalue weighted by atomic mass is 9.75. The van der Waals surface area contributed by atoms with E-state index in [0.717, 1.165) is 12.8 Å². The van der Waals surface area contributed by atoms with Gasteiger partial charge in [-0.3, -0.25) is 4.79 Å². The monoisotopic (exact) mass is 270 g/mol. The number of carbonyl (C=O) groups excluding carboxylic acids is 2. The van der Waals surface area contributed by atoms with Gasteiger partial charge >= 0.3 is 11.9 Å². The lowest BCUT2D eigenvalue weighted by molar-refractivity contribution is -0.174. The van der Waals surface area contributed by atoms with E-state index in [1.807, 2.05) is 0 Å². The molecular formula is C15H26O4. The first kappa shape index (κ1) is 16.0. The van der Waals surface area contributed by atoms with Gasteiger partial charge in [0.15, 0.2) is 6.10 Å². The Kier molecular flexibility index (Phi) is 5.83. The Labute approximate surface area is 115 Å². The summed E-state index contributed by atoms with van der Waals surface area (Å²) in [4.78, 5) is 22.8. The Morgan fingerprint density at radius 3 is 2.32 bits per heavy atom. The SMILES string of the molecule is CC(=O)OC(C)C(=O)OC1CC(C)CCC1C(C)C. The second kappa shape index (κ2) is 6.92. The molecule has 0 amide bonds. The first-order valence-electron chi connectivity index (χ1n) is 7.19. The topological polar surface area (TPSA) is 52.6 Å². The van der Waals surface area contributed by atoms with Gasteiger partial charge < -0.3 is 9.47 Å². The molecule has 4 heteroatoms. The first-order chi connectivity index (χ1) is 8.81. The molecule has 0 aliphatic heterocycles. The van der Waals surface area contributed by atoms with Crippen LogP contribution in [0.25, 0.3) is 0 Å². The summed E-state index contributed by atoms with van der Waals surface area (Å²) >= 11 is 0. The normalized spacial score (nSPS) is 28.8. The van der Waals surface area contributed by atoms with E-state index in [4.69, 9.17) is 9.47 Å². The van der Waals surface area contributed by atoms with Crippen LogP contribution in [0.4, 0.5) is 0 Å². The predicted octanol–water partition coefficient (Wildman–Crippen LogP) is 2.94. The molecule has 19 heavy (non-hydrogen) atoms. The standard InChI is InChI=1S/C15H26O4/c1-9(2)13-7-6-10(3)8-14(13)19-15(17)11(4)18-12(5)16/h9-11,13-14H,6-8H2,1-5H3. The Balaban J connectivity index is 2.60. The molecule has 1 rings (SSSR count). The minimum Gasteiger partial charge on any atom is -0.459 e. The van der Waals surface area contributed by atoms with Gasteiger partial charge in [-0.1, -0.05) is 27.2 Å². The van der Waals surface area contributed by atoms with Gasteiger partial charge in [-0.05, 0) is 37.5 Å². The average molecular weight is 270 g/mol. The number of esters is 2. The van der Waals surface area contributed by atoms with Crippen molar-refractivity contribution >= 4 is 11.9 Å². The Hall–Kier alpha value is -1.06. The molecule has 1 aliphatic rings. The van der Waals surface area contributed by atoms with E-state index in [2.05, 4.69) is 20.8 Å². The quantitative estimate of drug-likeness (QED) is 0.737. The highest BCUT2D eigenvalue weighted by molar-refractivity contribution is 5.78. The van der Waals surface area contributed by atoms with Crippen molar-refractivity contribution < 1.29 is 19.1 Å². The fraction of sp³-hybridized carbons (Fsp3) is 0.867. The van der Waals surface area contributed by atoms with Crippen LogP contribution in [-0.2, 0) is 19.1 Å². The molecule has 1 aliphatic carbocycles. The predicted molar refractivity (Wildman–Crippen MR) is 72.5 cm³/mol. The van der Waals surface area contributed by atoms with Crippen molar-refractivity contribution in [3.63, 3.8) is 0 Å². The second-order valence-corrected chi connectivity index (χ2v) is 6.05. The minimum atomic E-state index is -0.817. The molecule has 0 spiro atoms. The van der Waals surface area contributed by atoms with Crippen molar-refractivity contribution in [3.8, 4) is 0 Å². The summed E-state index contributed by atoms with van der Waals surface area (Å²) in [6, 6.07) is 0. The second-order valence-electron chi connectivity index (χ2n) is 6.05. The minimum absolute atomic E-state index is 0.0470. The van der Waals surface area contributed by atoms with Crippen molar-refractivity contribution in [3.05, 3.63) is 0 Å². The number of ether oxygens (including phenoxy) is 2. The number of carbonyl (C=O) groups is 2. The van der Waals surface area contributed by atoms with Crippen LogP contribution in [0.15, 0.2) is 0 Å². The lowest BCUT2D eigenvalue weighted by Gasteiger charge is -2.37. The fourth-order valence-corrected chi connectivity index (χ4v) is 2.79. The van der Waals surface area contributed by atoms with E-state index >= 15 is 0 Å². The highest BCUT2D eigenvalue weighted by Gasteiger charge is 2.34. The molecule has 1 saturated carbocycles. The zero-order valence-corrected chi connectivity index (χ0v) is 12.6. The molecule has 0 aromatic heterocycles. The summed E-state index contributed by atoms with van der Waals surface area (Å²) in [6.45, 7) is 9.37. The molecule has 0 N–H and O–H groups in total. The largest absolute Gasteiger partial charge is 0.459 e. The van der Waals surface area contributed by atoms with Gasteiger partial charge in [0.25, 0.3) is 0 Å². The van der Waals surface area contributed by atoms with Crippen LogP contribution in [0.1, 0.15) is 53.9 Å². The van der Waals surface area contributed by atoms with E-state index in [1.165, 1.54) is 13.3 Å². The van der Waals surface area contributed by atoms with Crippen molar-refractivity contribution in [1.29, 1.82) is 0 Å². The first-order valence-corrected chi connectivity index (χ1v) is 7.19. The molecule has 0 aromatic rings. The Morgan fingerprint density at radius 2 is 1.79 bits per heavy atom. The van der Waals surface area contributed by atoms with Crippen LogP contribution in [0.3, 0.4) is 0 Å². The molecule has 110 valence electrons. The van der Waals surface area contributed by atoms with Crippen LogP contribution in [-0.4, -0.2) is 24.1 Å². The average Bonchev–Trinajstić information content (AvgIpc) is 2.27. The number of rotatable bonds is 4. The van der Waals surface area contributed by atoms with Gasteiger partial charge in [0.1, 0.15) is 6.10 Å². The number of hydrogen-bond acceptors (Lipinski definition) is 4. The van der Waals surface area contributed by atoms with Crippen molar-refractivity contribution in [2.75, 3.05) is 0 Å². The molecule has 0 bridgehead atoms. The van der Waals surface area contributed by atoms with Gasteiger partial charge in [0.05, 0.1) is 0 Å². The van der Waals surface area contributed by atoms with Gasteiger partial charge in [-0.25, -0.2) is 4.79 Å². The van der Waals surface area contributed by atoms with E-state index in [-0.39, 0.29) is 6.10 Å². The van der Waals surface area contributed by atoms with Gasteiger partial charge in [-0.15, -0.1) is 0 Å². The van der Waals surface area contributed by atoms with E-state index in [9.17, 15) is 9.59 Å². The smallest absolute Gasteiger partial charge is 0.347 e. The maximum Gasteiger partial charge on any atom is 0.347 e. The van der Waals surface area contributed by atoms with Gasteiger partial charge in [-0.2, -0.15) is 0 Å². The summed E-state index contributed by atoms with van der Waals surface area (Å²) in [6.07, 6.45) is 2.33. The van der Waals surface area contributed by atoms with Crippen molar-refractivity contribution in [1.82, 2.24) is 0 Å². The van der Waals surface area contributed by atoms with Crippen LogP contribution in [0.5, 0.6) is 0 Å². The summed E-state index contributed by atoms with van der Waals surface area (Å²) in [5, 5.41) is 0. The van der Waals surface area contributed by atoms with E-state index in [0.29, 0.717) is 17.8 Å². The van der Waals surface area contributed by atoms with E-state index < -0.39 is 18.0 Å². The molecular weight excluding hydrogens is 244 g/mol. The lowest BCUT2D eigenvalue weighted by Crippen LogP contribution is -2.38. The highest BCUT2D eigenvalue weighted by atomic mass is 16.6. The zero-order valence-electron chi connectivity index (χ0n) is 12.6. The Bertz CT molecular complexity index is 324. The molecule has 1 fully saturated rings. The van der Waals surface area contributed by atoms with E-state index in [1.54, 1.807) is 6.92 Å². The molecule has 4 atom stereocenters. The van der Waals surface area contributed by atoms with Crippen molar-refractivity contribution in [2.45, 2.75) is 66.1 Å². The molecule has 0 aromatic carbocycles. The third kappa shape index (κ3) is 4.84. The third-order valence-corrected chi connectivity index (χ3v) is 3.90. The summed E-state index contributed by atoms with van der Waals surface area (Å²) in [5.41, 5.74) is 0. The number of hydrogen-bond donors (Lipinski definition) is 0. The maximum atomic E-state index is 11.9. The van der Waals surface area contributed by atoms with Crippen LogP contribution >= 0.6 is 0 Å². The fourth-order valence-electron chi connectivity index (χ4n) is 2.79. The van der Waals surface area contributed by atoms with Gasteiger partial charge in [0.2, 0.25) is 0 Å². The summed E-state index contributed by atoms with van der Waals surface area (Å²) < 4.78 is 10.4. The van der Waals surface area contributed by atoms with Gasteiger partial charge in [0, 0.05) is 6.92 Å². The summed E-state index contributed by atoms with van der Waals surface area (Å²) in [5.74, 6) is 0.595. The Morgan fingerprint density at radius 1 is 1.16 bits per heavy atom. The zero-order chi connectivity index (χ0) is 14.6. The highest BCUT2D eigenvalue weighted by Crippen LogP contribution is 2.35. The molecule has 4 unspecified atom stereocenters. The summed E-state index contributed by atoms with van der Waals surface area (Å²) in [7, 11) is 0. The third-order valence-electron chi connectivity index (χ3n) is 3.90. The van der Waals surface area contributed by atoms with Crippen molar-refractivity contribution in [2.24, 2.45) is 17.8 Å².